The maximum absolute atomic E-state index is 12.5. The van der Waals surface area contributed by atoms with Gasteiger partial charge in [-0.15, -0.1) is 0 Å². The van der Waals surface area contributed by atoms with Crippen molar-refractivity contribution in [3.63, 3.8) is 0 Å². The number of halogens is 1. The van der Waals surface area contributed by atoms with Crippen LogP contribution in [0.5, 0.6) is 0 Å². The maximum Gasteiger partial charge on any atom is 0.244 e. The molecule has 1 aliphatic heterocycles. The zero-order chi connectivity index (χ0) is 15.6. The van der Waals surface area contributed by atoms with Gasteiger partial charge in [0.2, 0.25) is 10.0 Å². The molecule has 0 radical (unpaired) electrons. The number of rotatable bonds is 4. The summed E-state index contributed by atoms with van der Waals surface area (Å²) in [6.45, 7) is 3.31. The number of nitrogens with zero attached hydrogens (tertiary/aromatic N) is 2. The van der Waals surface area contributed by atoms with E-state index in [0.29, 0.717) is 18.0 Å². The van der Waals surface area contributed by atoms with Crippen LogP contribution in [0.3, 0.4) is 0 Å². The van der Waals surface area contributed by atoms with Crippen LogP contribution in [-0.2, 0) is 14.8 Å². The van der Waals surface area contributed by atoms with Gasteiger partial charge in [0.05, 0.1) is 18.4 Å². The molecule has 5 nitrogen and oxygen atoms in total. The second kappa shape index (κ2) is 6.64. The van der Waals surface area contributed by atoms with Gasteiger partial charge in [-0.2, -0.15) is 0 Å². The molecule has 2 unspecified atom stereocenters. The normalized spacial score (nSPS) is 23.6. The SMILES string of the molecule is CC1COC(CBr)CN1c1ccccc1S(=O)(=O)N(C)C. The van der Waals surface area contributed by atoms with Crippen LogP contribution in [0, 0.1) is 0 Å². The van der Waals surface area contributed by atoms with Crippen LogP contribution in [0.1, 0.15) is 6.92 Å². The Bertz CT molecular complexity index is 592. The first-order valence-corrected chi connectivity index (χ1v) is 9.40. The van der Waals surface area contributed by atoms with Crippen molar-refractivity contribution in [1.82, 2.24) is 4.31 Å². The van der Waals surface area contributed by atoms with Crippen molar-refractivity contribution in [2.24, 2.45) is 0 Å². The van der Waals surface area contributed by atoms with Gasteiger partial charge in [-0.25, -0.2) is 12.7 Å². The van der Waals surface area contributed by atoms with Crippen LogP contribution in [0.15, 0.2) is 29.2 Å². The molecule has 0 saturated carbocycles. The Morgan fingerprint density at radius 3 is 2.67 bits per heavy atom. The summed E-state index contributed by atoms with van der Waals surface area (Å²) in [6.07, 6.45) is 0.0660. The van der Waals surface area contributed by atoms with E-state index < -0.39 is 10.0 Å². The van der Waals surface area contributed by atoms with E-state index in [4.69, 9.17) is 4.74 Å². The molecule has 1 heterocycles. The lowest BCUT2D eigenvalue weighted by atomic mass is 10.1. The van der Waals surface area contributed by atoms with Crippen LogP contribution in [0.25, 0.3) is 0 Å². The zero-order valence-electron chi connectivity index (χ0n) is 12.5. The molecule has 2 rings (SSSR count). The van der Waals surface area contributed by atoms with Gasteiger partial charge in [0, 0.05) is 32.0 Å². The van der Waals surface area contributed by atoms with Crippen molar-refractivity contribution in [2.75, 3.05) is 37.5 Å². The van der Waals surface area contributed by atoms with Crippen molar-refractivity contribution < 1.29 is 13.2 Å². The van der Waals surface area contributed by atoms with Crippen LogP contribution in [0.4, 0.5) is 5.69 Å². The minimum Gasteiger partial charge on any atom is -0.373 e. The zero-order valence-corrected chi connectivity index (χ0v) is 14.9. The number of alkyl halides is 1. The standard InChI is InChI=1S/C14H21BrN2O3S/c1-11-10-20-12(8-15)9-17(11)13-6-4-5-7-14(13)21(18,19)16(2)3/h4-7,11-12H,8-10H2,1-3H3. The van der Waals surface area contributed by atoms with Crippen molar-refractivity contribution in [3.05, 3.63) is 24.3 Å². The molecule has 0 aromatic heterocycles. The summed E-state index contributed by atoms with van der Waals surface area (Å²) >= 11 is 3.43. The first kappa shape index (κ1) is 16.7. The van der Waals surface area contributed by atoms with E-state index in [2.05, 4.69) is 20.8 Å². The van der Waals surface area contributed by atoms with Gasteiger partial charge in [0.25, 0.3) is 0 Å². The number of hydrogen-bond acceptors (Lipinski definition) is 4. The Morgan fingerprint density at radius 2 is 2.05 bits per heavy atom. The van der Waals surface area contributed by atoms with Crippen LogP contribution < -0.4 is 4.90 Å². The molecular formula is C14H21BrN2O3S. The predicted octanol–water partition coefficient (Wildman–Crippen LogP) is 1.93. The van der Waals surface area contributed by atoms with Gasteiger partial charge >= 0.3 is 0 Å². The highest BCUT2D eigenvalue weighted by Gasteiger charge is 2.30. The Hall–Kier alpha value is -0.630. The van der Waals surface area contributed by atoms with E-state index in [1.54, 1.807) is 26.2 Å². The lowest BCUT2D eigenvalue weighted by Gasteiger charge is -2.40. The summed E-state index contributed by atoms with van der Waals surface area (Å²) in [5, 5.41) is 0.735. The Labute approximate surface area is 135 Å². The molecule has 118 valence electrons. The minimum absolute atomic E-state index is 0.0660. The van der Waals surface area contributed by atoms with Crippen LogP contribution >= 0.6 is 15.9 Å². The number of hydrogen-bond donors (Lipinski definition) is 0. The highest BCUT2D eigenvalue weighted by molar-refractivity contribution is 9.09. The molecule has 1 aliphatic rings. The highest BCUT2D eigenvalue weighted by atomic mass is 79.9. The van der Waals surface area contributed by atoms with Gasteiger partial charge < -0.3 is 9.64 Å². The smallest absolute Gasteiger partial charge is 0.244 e. The van der Waals surface area contributed by atoms with Crippen molar-refractivity contribution in [1.29, 1.82) is 0 Å². The van der Waals surface area contributed by atoms with Gasteiger partial charge in [0.15, 0.2) is 0 Å². The molecular weight excluding hydrogens is 356 g/mol. The number of sulfonamides is 1. The molecule has 0 bridgehead atoms. The number of benzene rings is 1. The van der Waals surface area contributed by atoms with Crippen molar-refractivity contribution >= 4 is 31.6 Å². The third-order valence-electron chi connectivity index (χ3n) is 3.61. The summed E-state index contributed by atoms with van der Waals surface area (Å²) in [5.41, 5.74) is 0.743. The van der Waals surface area contributed by atoms with E-state index in [-0.39, 0.29) is 12.1 Å². The molecule has 0 aliphatic carbocycles. The Morgan fingerprint density at radius 1 is 1.38 bits per heavy atom. The fourth-order valence-electron chi connectivity index (χ4n) is 2.36. The van der Waals surface area contributed by atoms with E-state index in [1.165, 1.54) is 4.31 Å². The molecule has 7 heteroatoms. The van der Waals surface area contributed by atoms with Gasteiger partial charge in [-0.05, 0) is 19.1 Å². The second-order valence-corrected chi connectivity index (χ2v) is 8.13. The van der Waals surface area contributed by atoms with Gasteiger partial charge in [0.1, 0.15) is 4.90 Å². The largest absolute Gasteiger partial charge is 0.373 e. The monoisotopic (exact) mass is 376 g/mol. The molecule has 1 fully saturated rings. The van der Waals surface area contributed by atoms with E-state index in [0.717, 1.165) is 11.0 Å². The average molecular weight is 377 g/mol. The molecule has 1 aromatic rings. The van der Waals surface area contributed by atoms with E-state index in [9.17, 15) is 8.42 Å². The lowest BCUT2D eigenvalue weighted by molar-refractivity contribution is 0.0377. The molecule has 21 heavy (non-hydrogen) atoms. The van der Waals surface area contributed by atoms with Gasteiger partial charge in [-0.3, -0.25) is 0 Å². The maximum atomic E-state index is 12.5. The third-order valence-corrected chi connectivity index (χ3v) is 6.20. The fraction of sp³-hybridized carbons (Fsp3) is 0.571. The minimum atomic E-state index is -3.47. The highest BCUT2D eigenvalue weighted by Crippen LogP contribution is 2.30. The Kier molecular flexibility index (Phi) is 5.29. The quantitative estimate of drug-likeness (QED) is 0.753. The molecule has 1 aromatic carbocycles. The fourth-order valence-corrected chi connectivity index (χ4v) is 3.84. The number of anilines is 1. The second-order valence-electron chi connectivity index (χ2n) is 5.37. The van der Waals surface area contributed by atoms with Gasteiger partial charge in [-0.1, -0.05) is 28.1 Å². The number of morpholine rings is 1. The summed E-state index contributed by atoms with van der Waals surface area (Å²) in [4.78, 5) is 2.46. The Balaban J connectivity index is 2.44. The van der Waals surface area contributed by atoms with E-state index in [1.807, 2.05) is 19.1 Å². The molecule has 2 atom stereocenters. The lowest BCUT2D eigenvalue weighted by Crippen LogP contribution is -2.49. The van der Waals surface area contributed by atoms with Crippen molar-refractivity contribution in [3.8, 4) is 0 Å². The van der Waals surface area contributed by atoms with Crippen LogP contribution in [0.2, 0.25) is 0 Å². The third kappa shape index (κ3) is 3.41. The first-order chi connectivity index (χ1) is 9.87. The summed E-state index contributed by atoms with van der Waals surface area (Å²) < 4.78 is 32.0. The van der Waals surface area contributed by atoms with Crippen molar-refractivity contribution in [2.45, 2.75) is 24.0 Å². The predicted molar refractivity (Wildman–Crippen MR) is 87.7 cm³/mol. The topological polar surface area (TPSA) is 49.9 Å². The molecule has 0 amide bonds. The summed E-state index contributed by atoms with van der Waals surface area (Å²) in [7, 11) is -0.362. The van der Waals surface area contributed by atoms with Crippen LogP contribution in [-0.4, -0.2) is 57.4 Å². The van der Waals surface area contributed by atoms with E-state index >= 15 is 0 Å². The summed E-state index contributed by atoms with van der Waals surface area (Å²) in [6, 6.07) is 7.29. The summed E-state index contributed by atoms with van der Waals surface area (Å²) in [5.74, 6) is 0. The number of ether oxygens (including phenoxy) is 1. The average Bonchev–Trinajstić information content (AvgIpc) is 2.47. The molecule has 0 spiro atoms. The first-order valence-electron chi connectivity index (χ1n) is 6.83. The molecule has 0 N–H and O–H groups in total. The number of para-hydroxylation sites is 1. The molecule has 1 saturated heterocycles.